The van der Waals surface area contributed by atoms with Gasteiger partial charge in [-0.2, -0.15) is 0 Å². The van der Waals surface area contributed by atoms with Gasteiger partial charge >= 0.3 is 6.03 Å². The molecule has 1 N–H and O–H groups in total. The molecule has 2 atom stereocenters. The molecule has 0 unspecified atom stereocenters. The zero-order chi connectivity index (χ0) is 16.2. The van der Waals surface area contributed by atoms with Gasteiger partial charge in [0.25, 0.3) is 0 Å². The molecule has 1 aliphatic heterocycles. The van der Waals surface area contributed by atoms with Crippen LogP contribution >= 0.6 is 0 Å². The summed E-state index contributed by atoms with van der Waals surface area (Å²) in [5.41, 5.74) is 3.32. The average Bonchev–Trinajstić information content (AvgIpc) is 2.56. The zero-order valence-corrected chi connectivity index (χ0v) is 13.8. The van der Waals surface area contributed by atoms with Crippen molar-refractivity contribution >= 4 is 11.7 Å². The molecule has 3 rings (SSSR count). The van der Waals surface area contributed by atoms with Crippen molar-refractivity contribution in [3.63, 3.8) is 0 Å². The van der Waals surface area contributed by atoms with Crippen LogP contribution in [0.15, 0.2) is 54.6 Å². The third kappa shape index (κ3) is 3.55. The van der Waals surface area contributed by atoms with Crippen molar-refractivity contribution < 1.29 is 4.79 Å². The number of likely N-dealkylation sites (tertiary alicyclic amines) is 1. The maximum atomic E-state index is 12.8. The fraction of sp³-hybridized carbons (Fsp3) is 0.350. The second-order valence-corrected chi connectivity index (χ2v) is 6.46. The summed E-state index contributed by atoms with van der Waals surface area (Å²) >= 11 is 0. The first kappa shape index (κ1) is 15.6. The molecule has 0 spiro atoms. The number of piperidine rings is 1. The molecule has 1 heterocycles. The van der Waals surface area contributed by atoms with Crippen molar-refractivity contribution in [1.29, 1.82) is 0 Å². The third-order valence-corrected chi connectivity index (χ3v) is 4.64. The van der Waals surface area contributed by atoms with Gasteiger partial charge in [-0.1, -0.05) is 55.0 Å². The van der Waals surface area contributed by atoms with Crippen LogP contribution in [0.1, 0.15) is 36.9 Å². The molecule has 3 nitrogen and oxygen atoms in total. The maximum Gasteiger partial charge on any atom is 0.322 e. The molecule has 3 heteroatoms. The van der Waals surface area contributed by atoms with E-state index in [0.29, 0.717) is 5.92 Å². The van der Waals surface area contributed by atoms with Crippen molar-refractivity contribution in [2.45, 2.75) is 32.7 Å². The van der Waals surface area contributed by atoms with Gasteiger partial charge in [0, 0.05) is 12.2 Å². The fourth-order valence-corrected chi connectivity index (χ4v) is 3.40. The first-order valence-electron chi connectivity index (χ1n) is 8.34. The Balaban J connectivity index is 1.82. The van der Waals surface area contributed by atoms with Gasteiger partial charge in [-0.15, -0.1) is 0 Å². The first-order valence-corrected chi connectivity index (χ1v) is 8.34. The van der Waals surface area contributed by atoms with Crippen molar-refractivity contribution in [1.82, 2.24) is 4.90 Å². The minimum Gasteiger partial charge on any atom is -0.317 e. The van der Waals surface area contributed by atoms with E-state index in [2.05, 4.69) is 43.4 Å². The van der Waals surface area contributed by atoms with Crippen LogP contribution in [0.5, 0.6) is 0 Å². The standard InChI is InChI=1S/C20H24N2O/c1-15-10-12-17(13-11-15)19-16(2)7-6-14-22(19)20(23)21-18-8-4-3-5-9-18/h3-5,8-13,16,19H,6-7,14H2,1-2H3,(H,21,23)/t16-,19+/m1/s1. The van der Waals surface area contributed by atoms with E-state index in [9.17, 15) is 4.79 Å². The molecule has 23 heavy (non-hydrogen) atoms. The number of carbonyl (C=O) groups excluding carboxylic acids is 1. The van der Waals surface area contributed by atoms with E-state index < -0.39 is 0 Å². The summed E-state index contributed by atoms with van der Waals surface area (Å²) in [6.07, 6.45) is 2.22. The summed E-state index contributed by atoms with van der Waals surface area (Å²) < 4.78 is 0. The Morgan fingerprint density at radius 2 is 1.78 bits per heavy atom. The second kappa shape index (κ2) is 6.86. The molecule has 0 aliphatic carbocycles. The van der Waals surface area contributed by atoms with E-state index in [1.54, 1.807) is 0 Å². The van der Waals surface area contributed by atoms with Crippen LogP contribution in [0.3, 0.4) is 0 Å². The molecular formula is C20H24N2O. The van der Waals surface area contributed by atoms with Crippen LogP contribution in [0.25, 0.3) is 0 Å². The SMILES string of the molecule is Cc1ccc([C@@H]2[C@H](C)CCCN2C(=O)Nc2ccccc2)cc1. The van der Waals surface area contributed by atoms with Crippen molar-refractivity contribution in [2.75, 3.05) is 11.9 Å². The van der Waals surface area contributed by atoms with E-state index in [4.69, 9.17) is 0 Å². The molecule has 0 aromatic heterocycles. The highest BCUT2D eigenvalue weighted by Crippen LogP contribution is 2.36. The lowest BCUT2D eigenvalue weighted by atomic mass is 9.86. The molecule has 0 bridgehead atoms. The van der Waals surface area contributed by atoms with Gasteiger partial charge in [0.2, 0.25) is 0 Å². The van der Waals surface area contributed by atoms with E-state index in [0.717, 1.165) is 25.1 Å². The quantitative estimate of drug-likeness (QED) is 0.832. The number of amides is 2. The molecule has 2 aromatic rings. The normalized spacial score (nSPS) is 21.0. The molecule has 2 aromatic carbocycles. The fourth-order valence-electron chi connectivity index (χ4n) is 3.40. The summed E-state index contributed by atoms with van der Waals surface area (Å²) in [5.74, 6) is 0.466. The Kier molecular flexibility index (Phi) is 4.65. The lowest BCUT2D eigenvalue weighted by Crippen LogP contribution is -2.44. The highest BCUT2D eigenvalue weighted by molar-refractivity contribution is 5.89. The van der Waals surface area contributed by atoms with Gasteiger partial charge in [0.15, 0.2) is 0 Å². The number of hydrogen-bond donors (Lipinski definition) is 1. The highest BCUT2D eigenvalue weighted by Gasteiger charge is 2.33. The van der Waals surface area contributed by atoms with Gasteiger partial charge in [-0.05, 0) is 43.4 Å². The Morgan fingerprint density at radius 1 is 1.09 bits per heavy atom. The molecule has 0 radical (unpaired) electrons. The Labute approximate surface area is 138 Å². The van der Waals surface area contributed by atoms with Crippen LogP contribution in [0.2, 0.25) is 0 Å². The molecule has 0 saturated carbocycles. The van der Waals surface area contributed by atoms with Gasteiger partial charge in [0.1, 0.15) is 0 Å². The van der Waals surface area contributed by atoms with Gasteiger partial charge < -0.3 is 10.2 Å². The number of hydrogen-bond acceptors (Lipinski definition) is 1. The largest absolute Gasteiger partial charge is 0.322 e. The molecule has 2 amide bonds. The lowest BCUT2D eigenvalue weighted by Gasteiger charge is -2.40. The third-order valence-electron chi connectivity index (χ3n) is 4.64. The number of aryl methyl sites for hydroxylation is 1. The number of urea groups is 1. The zero-order valence-electron chi connectivity index (χ0n) is 13.8. The van der Waals surface area contributed by atoms with Crippen LogP contribution in [-0.4, -0.2) is 17.5 Å². The van der Waals surface area contributed by atoms with Crippen molar-refractivity contribution in [2.24, 2.45) is 5.92 Å². The van der Waals surface area contributed by atoms with Crippen LogP contribution < -0.4 is 5.32 Å². The number of anilines is 1. The molecule has 1 saturated heterocycles. The molecule has 1 aliphatic rings. The summed E-state index contributed by atoms with van der Waals surface area (Å²) in [6, 6.07) is 18.4. The topological polar surface area (TPSA) is 32.3 Å². The summed E-state index contributed by atoms with van der Waals surface area (Å²) in [5, 5.41) is 3.03. The molecule has 1 fully saturated rings. The van der Waals surface area contributed by atoms with E-state index >= 15 is 0 Å². The van der Waals surface area contributed by atoms with Gasteiger partial charge in [-0.25, -0.2) is 4.79 Å². The summed E-state index contributed by atoms with van der Waals surface area (Å²) in [7, 11) is 0. The average molecular weight is 308 g/mol. The second-order valence-electron chi connectivity index (χ2n) is 6.46. The summed E-state index contributed by atoms with van der Waals surface area (Å²) in [4.78, 5) is 14.8. The number of benzene rings is 2. The molecular weight excluding hydrogens is 284 g/mol. The minimum absolute atomic E-state index is 0.00618. The van der Waals surface area contributed by atoms with E-state index in [-0.39, 0.29) is 12.1 Å². The molecule has 120 valence electrons. The number of para-hydroxylation sites is 1. The smallest absolute Gasteiger partial charge is 0.317 e. The van der Waals surface area contributed by atoms with E-state index in [1.807, 2.05) is 35.2 Å². The Hall–Kier alpha value is -2.29. The van der Waals surface area contributed by atoms with E-state index in [1.165, 1.54) is 11.1 Å². The van der Waals surface area contributed by atoms with Crippen molar-refractivity contribution in [3.05, 3.63) is 65.7 Å². The lowest BCUT2D eigenvalue weighted by molar-refractivity contribution is 0.129. The number of rotatable bonds is 2. The highest BCUT2D eigenvalue weighted by atomic mass is 16.2. The Bertz CT molecular complexity index is 651. The van der Waals surface area contributed by atoms with Crippen molar-refractivity contribution in [3.8, 4) is 0 Å². The van der Waals surface area contributed by atoms with Crippen LogP contribution in [-0.2, 0) is 0 Å². The first-order chi connectivity index (χ1) is 11.1. The van der Waals surface area contributed by atoms with Crippen LogP contribution in [0.4, 0.5) is 10.5 Å². The minimum atomic E-state index is -0.00618. The maximum absolute atomic E-state index is 12.8. The predicted octanol–water partition coefficient (Wildman–Crippen LogP) is 5.00. The van der Waals surface area contributed by atoms with Gasteiger partial charge in [0.05, 0.1) is 6.04 Å². The summed E-state index contributed by atoms with van der Waals surface area (Å²) in [6.45, 7) is 5.14. The van der Waals surface area contributed by atoms with Crippen LogP contribution in [0, 0.1) is 12.8 Å². The monoisotopic (exact) mass is 308 g/mol. The van der Waals surface area contributed by atoms with Gasteiger partial charge in [-0.3, -0.25) is 0 Å². The number of nitrogens with zero attached hydrogens (tertiary/aromatic N) is 1. The Morgan fingerprint density at radius 3 is 2.48 bits per heavy atom. The predicted molar refractivity (Wildman–Crippen MR) is 94.5 cm³/mol. The number of carbonyl (C=O) groups is 1. The number of nitrogens with one attached hydrogen (secondary N) is 1.